The molecular weight excluding hydrogens is 443 g/mol. The lowest BCUT2D eigenvalue weighted by atomic mass is 10.0. The van der Waals surface area contributed by atoms with E-state index in [1.54, 1.807) is 0 Å². The highest BCUT2D eigenvalue weighted by molar-refractivity contribution is 7.47. The van der Waals surface area contributed by atoms with Crippen LogP contribution in [0.2, 0.25) is 0 Å². The molecule has 0 heterocycles. The largest absolute Gasteiger partial charge is 0.472 e. The number of likely N-dealkylation sites (N-methyl/N-ethyl adjacent to an activating group) is 1. The van der Waals surface area contributed by atoms with E-state index in [0.29, 0.717) is 23.9 Å². The Kier molecular flexibility index (Phi) is 18.5. The van der Waals surface area contributed by atoms with E-state index in [1.165, 1.54) is 25.7 Å². The summed E-state index contributed by atoms with van der Waals surface area (Å²) in [7, 11) is 1.61. The molecule has 3 atom stereocenters. The average molecular weight is 496 g/mol. The Morgan fingerprint density at radius 1 is 0.909 bits per heavy atom. The molecule has 0 rings (SSSR count). The zero-order valence-corrected chi connectivity index (χ0v) is 22.8. The summed E-state index contributed by atoms with van der Waals surface area (Å²) in [5.74, 6) is -0.163. The van der Waals surface area contributed by atoms with Crippen molar-refractivity contribution < 1.29 is 32.9 Å². The second-order valence-electron chi connectivity index (χ2n) is 10.1. The van der Waals surface area contributed by atoms with Crippen LogP contribution < -0.4 is 5.32 Å². The number of aliphatic hydroxyl groups excluding tert-OH is 1. The van der Waals surface area contributed by atoms with Gasteiger partial charge in [0.1, 0.15) is 13.2 Å². The van der Waals surface area contributed by atoms with Crippen LogP contribution in [0.25, 0.3) is 0 Å². The summed E-state index contributed by atoms with van der Waals surface area (Å²) >= 11 is 0. The average Bonchev–Trinajstić information content (AvgIpc) is 2.72. The number of carbonyl (C=O) groups is 1. The molecular formula is C24H52N2O6P+. The lowest BCUT2D eigenvalue weighted by molar-refractivity contribution is -0.870. The fourth-order valence-corrected chi connectivity index (χ4v) is 4.13. The molecule has 0 aliphatic carbocycles. The summed E-state index contributed by atoms with van der Waals surface area (Å²) in [5.41, 5.74) is 0. The first-order valence-electron chi connectivity index (χ1n) is 12.9. The number of quaternary nitrogens is 1. The van der Waals surface area contributed by atoms with Gasteiger partial charge in [-0.05, 0) is 12.8 Å². The molecule has 0 aromatic carbocycles. The molecule has 33 heavy (non-hydrogen) atoms. The molecule has 0 aliphatic heterocycles. The smallest absolute Gasteiger partial charge is 0.391 e. The maximum atomic E-state index is 12.4. The zero-order valence-electron chi connectivity index (χ0n) is 21.9. The van der Waals surface area contributed by atoms with Gasteiger partial charge >= 0.3 is 7.82 Å². The predicted octanol–water partition coefficient (Wildman–Crippen LogP) is 4.78. The Hall–Kier alpha value is -0.500. The van der Waals surface area contributed by atoms with E-state index in [0.717, 1.165) is 44.9 Å². The van der Waals surface area contributed by atoms with Crippen LogP contribution in [0.5, 0.6) is 0 Å². The maximum Gasteiger partial charge on any atom is 0.472 e. The molecule has 0 saturated carbocycles. The van der Waals surface area contributed by atoms with Gasteiger partial charge in [-0.1, -0.05) is 78.1 Å². The van der Waals surface area contributed by atoms with Crippen molar-refractivity contribution in [1.82, 2.24) is 5.32 Å². The Balaban J connectivity index is 4.61. The molecule has 3 N–H and O–H groups in total. The summed E-state index contributed by atoms with van der Waals surface area (Å²) in [6, 6.07) is -0.744. The summed E-state index contributed by atoms with van der Waals surface area (Å²) in [5, 5.41) is 13.4. The van der Waals surface area contributed by atoms with Gasteiger partial charge in [-0.2, -0.15) is 0 Å². The number of unbranched alkanes of at least 4 members (excludes halogenated alkanes) is 9. The van der Waals surface area contributed by atoms with Crippen LogP contribution in [0.3, 0.4) is 0 Å². The minimum absolute atomic E-state index is 0.0755. The number of aliphatic hydroxyl groups is 1. The number of hydrogen-bond donors (Lipinski definition) is 3. The number of nitrogens with one attached hydrogen (secondary N) is 1. The molecule has 0 aromatic heterocycles. The maximum absolute atomic E-state index is 12.4. The first-order chi connectivity index (χ1) is 15.5. The molecule has 0 radical (unpaired) electrons. The molecule has 3 unspecified atom stereocenters. The molecule has 1 amide bonds. The highest BCUT2D eigenvalue weighted by Crippen LogP contribution is 2.43. The van der Waals surface area contributed by atoms with Gasteiger partial charge in [-0.25, -0.2) is 4.57 Å². The van der Waals surface area contributed by atoms with E-state index < -0.39 is 20.0 Å². The lowest BCUT2D eigenvalue weighted by Gasteiger charge is -2.26. The van der Waals surface area contributed by atoms with Crippen molar-refractivity contribution in [3.8, 4) is 0 Å². The van der Waals surface area contributed by atoms with Gasteiger partial charge in [0, 0.05) is 6.42 Å². The van der Waals surface area contributed by atoms with Crippen molar-refractivity contribution >= 4 is 13.7 Å². The fraction of sp³-hybridized carbons (Fsp3) is 0.958. The summed E-state index contributed by atoms with van der Waals surface area (Å²) in [6.45, 7) is 4.67. The van der Waals surface area contributed by atoms with Gasteiger partial charge in [0.2, 0.25) is 5.91 Å². The van der Waals surface area contributed by atoms with E-state index in [1.807, 2.05) is 21.1 Å². The van der Waals surface area contributed by atoms with Crippen molar-refractivity contribution in [3.63, 3.8) is 0 Å². The molecule has 0 spiro atoms. The quantitative estimate of drug-likeness (QED) is 0.113. The Bertz CT molecular complexity index is 542. The molecule has 9 heteroatoms. The lowest BCUT2D eigenvalue weighted by Crippen LogP contribution is -2.46. The van der Waals surface area contributed by atoms with Crippen molar-refractivity contribution in [2.75, 3.05) is 40.9 Å². The van der Waals surface area contributed by atoms with E-state index in [9.17, 15) is 19.4 Å². The highest BCUT2D eigenvalue weighted by Gasteiger charge is 2.28. The second-order valence-corrected chi connectivity index (χ2v) is 11.5. The molecule has 198 valence electrons. The third-order valence-electron chi connectivity index (χ3n) is 5.61. The SMILES string of the molecule is CCCCCCCCCC(=O)NC(COP(=O)(O)OCC[N+](C)(C)C)C(O)CCCCCC. The van der Waals surface area contributed by atoms with Gasteiger partial charge in [0.15, 0.2) is 0 Å². The van der Waals surface area contributed by atoms with Gasteiger partial charge in [0.05, 0.1) is 39.9 Å². The summed E-state index contributed by atoms with van der Waals surface area (Å²) in [4.78, 5) is 22.4. The normalized spacial score (nSPS) is 15.7. The van der Waals surface area contributed by atoms with Gasteiger partial charge in [-0.15, -0.1) is 0 Å². The van der Waals surface area contributed by atoms with Crippen molar-refractivity contribution in [2.45, 2.75) is 109 Å². The number of hydrogen-bond acceptors (Lipinski definition) is 5. The van der Waals surface area contributed by atoms with Crippen LogP contribution in [-0.2, 0) is 18.4 Å². The third kappa shape index (κ3) is 20.6. The standard InChI is InChI=1S/C24H51N2O6P/c1-6-8-10-12-13-14-16-18-24(28)25-22(23(27)17-15-11-9-7-2)21-32-33(29,30)31-20-19-26(3,4)5/h22-23,27H,6-21H2,1-5H3,(H-,25,28,29,30)/p+1. The summed E-state index contributed by atoms with van der Waals surface area (Å²) < 4.78 is 23.0. The number of carbonyl (C=O) groups excluding carboxylic acids is 1. The fourth-order valence-electron chi connectivity index (χ4n) is 3.39. The number of nitrogens with zero attached hydrogens (tertiary/aromatic N) is 1. The van der Waals surface area contributed by atoms with Crippen LogP contribution in [-0.4, -0.2) is 73.4 Å². The Morgan fingerprint density at radius 3 is 2.03 bits per heavy atom. The van der Waals surface area contributed by atoms with Crippen LogP contribution in [0.1, 0.15) is 97.3 Å². The third-order valence-corrected chi connectivity index (χ3v) is 6.59. The first kappa shape index (κ1) is 32.5. The summed E-state index contributed by atoms with van der Waals surface area (Å²) in [6.07, 6.45) is 11.9. The first-order valence-corrected chi connectivity index (χ1v) is 14.4. The van der Waals surface area contributed by atoms with Crippen LogP contribution >= 0.6 is 7.82 Å². The molecule has 0 aliphatic rings. The van der Waals surface area contributed by atoms with Crippen molar-refractivity contribution in [1.29, 1.82) is 0 Å². The van der Waals surface area contributed by atoms with E-state index in [2.05, 4.69) is 19.2 Å². The second kappa shape index (κ2) is 18.8. The van der Waals surface area contributed by atoms with Crippen molar-refractivity contribution in [3.05, 3.63) is 0 Å². The minimum Gasteiger partial charge on any atom is -0.391 e. The topological polar surface area (TPSA) is 105 Å². The van der Waals surface area contributed by atoms with Crippen LogP contribution in [0.15, 0.2) is 0 Å². The monoisotopic (exact) mass is 495 g/mol. The Morgan fingerprint density at radius 2 is 1.45 bits per heavy atom. The van der Waals surface area contributed by atoms with Gasteiger partial charge in [0.25, 0.3) is 0 Å². The predicted molar refractivity (Wildman–Crippen MR) is 134 cm³/mol. The van der Waals surface area contributed by atoms with E-state index in [-0.39, 0.29) is 19.1 Å². The molecule has 0 fully saturated rings. The molecule has 0 saturated heterocycles. The number of phosphoric acid groups is 1. The highest BCUT2D eigenvalue weighted by atomic mass is 31.2. The van der Waals surface area contributed by atoms with E-state index in [4.69, 9.17) is 9.05 Å². The van der Waals surface area contributed by atoms with Crippen LogP contribution in [0, 0.1) is 0 Å². The molecule has 0 bridgehead atoms. The van der Waals surface area contributed by atoms with E-state index >= 15 is 0 Å². The molecule has 0 aromatic rings. The zero-order chi connectivity index (χ0) is 25.2. The minimum atomic E-state index is -4.26. The number of amides is 1. The number of rotatable bonds is 22. The number of phosphoric ester groups is 1. The van der Waals surface area contributed by atoms with Crippen LogP contribution in [0.4, 0.5) is 0 Å². The van der Waals surface area contributed by atoms with Gasteiger partial charge in [-0.3, -0.25) is 13.8 Å². The molecule has 8 nitrogen and oxygen atoms in total. The van der Waals surface area contributed by atoms with Gasteiger partial charge < -0.3 is 19.8 Å². The Labute approximate surface area is 202 Å². The van der Waals surface area contributed by atoms with Crippen molar-refractivity contribution in [2.24, 2.45) is 0 Å².